The second-order valence-electron chi connectivity index (χ2n) is 3.88. The smallest absolute Gasteiger partial charge is 0.251 e. The highest BCUT2D eigenvalue weighted by molar-refractivity contribution is 7.80. The highest BCUT2D eigenvalue weighted by Gasteiger charge is 2.04. The van der Waals surface area contributed by atoms with Gasteiger partial charge in [-0.15, -0.1) is 0 Å². The van der Waals surface area contributed by atoms with E-state index in [0.717, 1.165) is 19.3 Å². The normalized spacial score (nSPS) is 11.9. The van der Waals surface area contributed by atoms with Crippen LogP contribution in [-0.2, 0) is 11.3 Å². The van der Waals surface area contributed by atoms with E-state index in [-0.39, 0.29) is 5.91 Å². The van der Waals surface area contributed by atoms with E-state index in [0.29, 0.717) is 17.8 Å². The highest BCUT2D eigenvalue weighted by Crippen LogP contribution is 2.09. The van der Waals surface area contributed by atoms with Crippen LogP contribution in [0.15, 0.2) is 24.3 Å². The van der Waals surface area contributed by atoms with Crippen LogP contribution in [0.4, 0.5) is 5.69 Å². The Bertz CT molecular complexity index is 406. The van der Waals surface area contributed by atoms with Gasteiger partial charge >= 0.3 is 0 Å². The van der Waals surface area contributed by atoms with Crippen LogP contribution in [0.5, 0.6) is 0 Å². The molecule has 100 valence electrons. The molecule has 1 aromatic carbocycles. The van der Waals surface area contributed by atoms with Crippen molar-refractivity contribution in [1.82, 2.24) is 5.32 Å². The van der Waals surface area contributed by atoms with Crippen LogP contribution in [0.3, 0.4) is 0 Å². The summed E-state index contributed by atoms with van der Waals surface area (Å²) in [5, 5.41) is 2.81. The SMILES string of the molecule is CCCCCNC(=O)c1ccc(NS(=O)[O-])cc1. The molecule has 0 aliphatic rings. The van der Waals surface area contributed by atoms with Gasteiger partial charge < -0.3 is 14.6 Å². The van der Waals surface area contributed by atoms with Crippen molar-refractivity contribution in [3.05, 3.63) is 29.8 Å². The molecule has 0 bridgehead atoms. The summed E-state index contributed by atoms with van der Waals surface area (Å²) in [5.41, 5.74) is 0.958. The maximum absolute atomic E-state index is 11.7. The van der Waals surface area contributed by atoms with Crippen LogP contribution in [0, 0.1) is 0 Å². The quantitative estimate of drug-likeness (QED) is 0.585. The summed E-state index contributed by atoms with van der Waals surface area (Å²) in [6, 6.07) is 6.28. The molecule has 0 fully saturated rings. The summed E-state index contributed by atoms with van der Waals surface area (Å²) < 4.78 is 23.0. The molecule has 6 heteroatoms. The van der Waals surface area contributed by atoms with Gasteiger partial charge in [0.05, 0.1) is 0 Å². The molecular weight excluding hydrogens is 252 g/mol. The zero-order valence-corrected chi connectivity index (χ0v) is 11.1. The zero-order chi connectivity index (χ0) is 13.4. The third kappa shape index (κ3) is 5.29. The third-order valence-corrected chi connectivity index (χ3v) is 2.82. The fourth-order valence-electron chi connectivity index (χ4n) is 1.46. The largest absolute Gasteiger partial charge is 0.755 e. The first-order valence-corrected chi connectivity index (χ1v) is 6.95. The van der Waals surface area contributed by atoms with E-state index in [1.165, 1.54) is 0 Å². The minimum atomic E-state index is -2.34. The van der Waals surface area contributed by atoms with E-state index < -0.39 is 11.3 Å². The van der Waals surface area contributed by atoms with Crippen molar-refractivity contribution in [3.63, 3.8) is 0 Å². The van der Waals surface area contributed by atoms with Crippen molar-refractivity contribution in [2.24, 2.45) is 0 Å². The first kappa shape index (κ1) is 14.7. The second kappa shape index (κ2) is 7.84. The first-order chi connectivity index (χ1) is 8.63. The zero-order valence-electron chi connectivity index (χ0n) is 10.3. The van der Waals surface area contributed by atoms with Crippen LogP contribution in [-0.4, -0.2) is 21.2 Å². The fourth-order valence-corrected chi connectivity index (χ4v) is 1.79. The number of unbranched alkanes of at least 4 members (excludes halogenated alkanes) is 2. The van der Waals surface area contributed by atoms with Gasteiger partial charge in [0.2, 0.25) is 0 Å². The summed E-state index contributed by atoms with van der Waals surface area (Å²) in [4.78, 5) is 11.7. The number of amides is 1. The number of benzene rings is 1. The Morgan fingerprint density at radius 2 is 1.94 bits per heavy atom. The Morgan fingerprint density at radius 3 is 2.50 bits per heavy atom. The summed E-state index contributed by atoms with van der Waals surface area (Å²) >= 11 is -2.34. The maximum Gasteiger partial charge on any atom is 0.251 e. The molecule has 0 heterocycles. The summed E-state index contributed by atoms with van der Waals surface area (Å²) in [6.07, 6.45) is 3.18. The third-order valence-electron chi connectivity index (χ3n) is 2.41. The molecule has 2 N–H and O–H groups in total. The predicted octanol–water partition coefficient (Wildman–Crippen LogP) is 1.81. The van der Waals surface area contributed by atoms with Gasteiger partial charge in [0, 0.05) is 29.1 Å². The fraction of sp³-hybridized carbons (Fsp3) is 0.417. The van der Waals surface area contributed by atoms with Crippen molar-refractivity contribution < 1.29 is 13.6 Å². The van der Waals surface area contributed by atoms with Crippen LogP contribution in [0.2, 0.25) is 0 Å². The monoisotopic (exact) mass is 269 g/mol. The van der Waals surface area contributed by atoms with Crippen molar-refractivity contribution in [1.29, 1.82) is 0 Å². The average Bonchev–Trinajstić information content (AvgIpc) is 2.34. The molecule has 1 rings (SSSR count). The maximum atomic E-state index is 11.7. The minimum absolute atomic E-state index is 0.138. The molecule has 0 aliphatic carbocycles. The molecule has 0 radical (unpaired) electrons. The lowest BCUT2D eigenvalue weighted by Crippen LogP contribution is -2.24. The van der Waals surface area contributed by atoms with Crippen LogP contribution in [0.25, 0.3) is 0 Å². The van der Waals surface area contributed by atoms with Gasteiger partial charge in [-0.3, -0.25) is 9.00 Å². The average molecular weight is 269 g/mol. The summed E-state index contributed by atoms with van der Waals surface area (Å²) in [6.45, 7) is 2.77. The van der Waals surface area contributed by atoms with Crippen LogP contribution < -0.4 is 10.0 Å². The second-order valence-corrected chi connectivity index (χ2v) is 4.55. The Morgan fingerprint density at radius 1 is 1.28 bits per heavy atom. The predicted molar refractivity (Wildman–Crippen MR) is 70.8 cm³/mol. The van der Waals surface area contributed by atoms with E-state index in [4.69, 9.17) is 0 Å². The van der Waals surface area contributed by atoms with Gasteiger partial charge in [0.1, 0.15) is 0 Å². The highest BCUT2D eigenvalue weighted by atomic mass is 32.2. The Labute approximate surface area is 109 Å². The van der Waals surface area contributed by atoms with Crippen molar-refractivity contribution in [3.8, 4) is 0 Å². The van der Waals surface area contributed by atoms with Crippen LogP contribution in [0.1, 0.15) is 36.5 Å². The molecule has 0 aliphatic heterocycles. The molecule has 1 amide bonds. The Hall–Kier alpha value is -1.40. The molecular formula is C12H17N2O3S-. The molecule has 0 aromatic heterocycles. The van der Waals surface area contributed by atoms with Gasteiger partial charge in [0.15, 0.2) is 0 Å². The molecule has 5 nitrogen and oxygen atoms in total. The Kier molecular flexibility index (Phi) is 6.38. The molecule has 0 saturated carbocycles. The standard InChI is InChI=1S/C12H18N2O3S/c1-2-3-4-9-13-12(15)10-5-7-11(8-6-10)14-18(16)17/h5-8,14H,2-4,9H2,1H3,(H,13,15)(H,16,17)/p-1. The molecule has 1 atom stereocenters. The molecule has 1 unspecified atom stereocenters. The van der Waals surface area contributed by atoms with Gasteiger partial charge in [-0.1, -0.05) is 19.8 Å². The minimum Gasteiger partial charge on any atom is -0.755 e. The number of anilines is 1. The van der Waals surface area contributed by atoms with E-state index in [1.54, 1.807) is 24.3 Å². The number of carbonyl (C=O) groups excluding carboxylic acids is 1. The number of hydrogen-bond donors (Lipinski definition) is 2. The van der Waals surface area contributed by atoms with Gasteiger partial charge in [-0.25, -0.2) is 0 Å². The lowest BCUT2D eigenvalue weighted by atomic mass is 10.2. The van der Waals surface area contributed by atoms with Crippen LogP contribution >= 0.6 is 0 Å². The van der Waals surface area contributed by atoms with Crippen molar-refractivity contribution in [2.45, 2.75) is 26.2 Å². The van der Waals surface area contributed by atoms with Gasteiger partial charge in [-0.05, 0) is 30.7 Å². The van der Waals surface area contributed by atoms with E-state index >= 15 is 0 Å². The van der Waals surface area contributed by atoms with E-state index in [2.05, 4.69) is 17.0 Å². The molecule has 1 aromatic rings. The topological polar surface area (TPSA) is 81.3 Å². The molecule has 18 heavy (non-hydrogen) atoms. The van der Waals surface area contributed by atoms with E-state index in [1.807, 2.05) is 0 Å². The van der Waals surface area contributed by atoms with Gasteiger partial charge in [-0.2, -0.15) is 0 Å². The molecule has 0 saturated heterocycles. The summed E-state index contributed by atoms with van der Waals surface area (Å²) in [5.74, 6) is -0.138. The number of rotatable bonds is 7. The first-order valence-electron chi connectivity index (χ1n) is 5.87. The lowest BCUT2D eigenvalue weighted by Gasteiger charge is -2.09. The number of nitrogens with one attached hydrogen (secondary N) is 2. The number of hydrogen-bond acceptors (Lipinski definition) is 3. The van der Waals surface area contributed by atoms with Gasteiger partial charge in [0.25, 0.3) is 5.91 Å². The Balaban J connectivity index is 2.46. The van der Waals surface area contributed by atoms with E-state index in [9.17, 15) is 13.6 Å². The number of carbonyl (C=O) groups is 1. The van der Waals surface area contributed by atoms with Crippen molar-refractivity contribution in [2.75, 3.05) is 11.3 Å². The summed E-state index contributed by atoms with van der Waals surface area (Å²) in [7, 11) is 0. The molecule has 0 spiro atoms. The van der Waals surface area contributed by atoms with Crippen molar-refractivity contribution >= 4 is 22.9 Å². The lowest BCUT2D eigenvalue weighted by molar-refractivity contribution is 0.0953.